The third kappa shape index (κ3) is 3.80. The molecular weight excluding hydrogens is 414 g/mol. The van der Waals surface area contributed by atoms with Crippen LogP contribution in [0.1, 0.15) is 55.6 Å². The highest BCUT2D eigenvalue weighted by atomic mass is 35.5. The monoisotopic (exact) mass is 441 g/mol. The molecule has 0 aromatic heterocycles. The highest BCUT2D eigenvalue weighted by Crippen LogP contribution is 2.43. The molecule has 6 nitrogen and oxygen atoms in total. The fraction of sp³-hybridized carbons (Fsp3) is 0.375. The standard InChI is InChI=1S/C24H28ClN3O3/c1-23(2,3)19-12-20-26-18(16-6-5-7-17(21(16)29)22(30)31)13-24(4,28(20)27-19)14-8-10-15(25)11-9-14/h5-11,13,19-20,26-27,29H,12H2,1-4H3,(H,30,31). The van der Waals surface area contributed by atoms with Crippen molar-refractivity contribution in [1.29, 1.82) is 0 Å². The van der Waals surface area contributed by atoms with Crippen LogP contribution in [0.25, 0.3) is 5.70 Å². The summed E-state index contributed by atoms with van der Waals surface area (Å²) in [5.41, 5.74) is 5.28. The Kier molecular flexibility index (Phi) is 5.28. The van der Waals surface area contributed by atoms with Gasteiger partial charge < -0.3 is 15.5 Å². The lowest BCUT2D eigenvalue weighted by molar-refractivity contribution is 0.0444. The van der Waals surface area contributed by atoms with Crippen molar-refractivity contribution in [3.8, 4) is 5.75 Å². The highest BCUT2D eigenvalue weighted by molar-refractivity contribution is 6.30. The number of hydrazine groups is 1. The molecule has 1 saturated heterocycles. The first-order chi connectivity index (χ1) is 14.5. The molecule has 2 heterocycles. The van der Waals surface area contributed by atoms with Crippen LogP contribution in [0.3, 0.4) is 0 Å². The number of aromatic hydroxyl groups is 1. The number of hydrogen-bond donors (Lipinski definition) is 4. The Hall–Kier alpha value is -2.54. The number of nitrogens with one attached hydrogen (secondary N) is 2. The van der Waals surface area contributed by atoms with Crippen LogP contribution in [0, 0.1) is 5.41 Å². The molecule has 0 aliphatic carbocycles. The molecule has 3 atom stereocenters. The van der Waals surface area contributed by atoms with Crippen LogP contribution in [-0.4, -0.2) is 33.4 Å². The summed E-state index contributed by atoms with van der Waals surface area (Å²) in [6, 6.07) is 12.8. The molecule has 31 heavy (non-hydrogen) atoms. The van der Waals surface area contributed by atoms with Crippen molar-refractivity contribution in [3.63, 3.8) is 0 Å². The van der Waals surface area contributed by atoms with Gasteiger partial charge >= 0.3 is 5.97 Å². The molecule has 1 fully saturated rings. The summed E-state index contributed by atoms with van der Waals surface area (Å²) >= 11 is 6.14. The lowest BCUT2D eigenvalue weighted by Gasteiger charge is -2.45. The van der Waals surface area contributed by atoms with Gasteiger partial charge in [-0.15, -0.1) is 0 Å². The summed E-state index contributed by atoms with van der Waals surface area (Å²) < 4.78 is 0. The van der Waals surface area contributed by atoms with Gasteiger partial charge in [-0.05, 0) is 54.7 Å². The van der Waals surface area contributed by atoms with Crippen LogP contribution in [0.2, 0.25) is 5.02 Å². The van der Waals surface area contributed by atoms with Crippen molar-refractivity contribution in [2.45, 2.75) is 51.9 Å². The van der Waals surface area contributed by atoms with Gasteiger partial charge in [-0.25, -0.2) is 15.2 Å². The normalized spacial score (nSPS) is 26.2. The van der Waals surface area contributed by atoms with Gasteiger partial charge in [-0.1, -0.05) is 50.6 Å². The van der Waals surface area contributed by atoms with Crippen molar-refractivity contribution in [2.24, 2.45) is 5.41 Å². The Morgan fingerprint density at radius 2 is 1.87 bits per heavy atom. The molecule has 0 radical (unpaired) electrons. The average molecular weight is 442 g/mol. The Morgan fingerprint density at radius 1 is 1.19 bits per heavy atom. The molecule has 2 aromatic rings. The van der Waals surface area contributed by atoms with E-state index in [0.717, 1.165) is 12.0 Å². The highest BCUT2D eigenvalue weighted by Gasteiger charge is 2.48. The summed E-state index contributed by atoms with van der Waals surface area (Å²) in [5, 5.41) is 26.5. The van der Waals surface area contributed by atoms with Crippen LogP contribution in [0.15, 0.2) is 48.5 Å². The quantitative estimate of drug-likeness (QED) is 0.559. The average Bonchev–Trinajstić information content (AvgIpc) is 3.14. The number of nitrogens with zero attached hydrogens (tertiary/aromatic N) is 1. The van der Waals surface area contributed by atoms with E-state index in [1.165, 1.54) is 6.07 Å². The number of carboxylic acids is 1. The van der Waals surface area contributed by atoms with E-state index in [2.05, 4.69) is 43.4 Å². The predicted molar refractivity (Wildman–Crippen MR) is 122 cm³/mol. The Bertz CT molecular complexity index is 1050. The topological polar surface area (TPSA) is 84.8 Å². The minimum absolute atomic E-state index is 0.0437. The second kappa shape index (κ2) is 7.55. The first-order valence-electron chi connectivity index (χ1n) is 10.4. The number of carbonyl (C=O) groups is 1. The molecule has 0 saturated carbocycles. The van der Waals surface area contributed by atoms with E-state index in [-0.39, 0.29) is 28.9 Å². The van der Waals surface area contributed by atoms with Gasteiger partial charge in [0.1, 0.15) is 11.3 Å². The van der Waals surface area contributed by atoms with Crippen LogP contribution in [0.5, 0.6) is 5.75 Å². The Labute approximate surface area is 187 Å². The third-order valence-corrected chi connectivity index (χ3v) is 6.60. The zero-order chi connectivity index (χ0) is 22.6. The van der Waals surface area contributed by atoms with Crippen LogP contribution in [-0.2, 0) is 5.54 Å². The van der Waals surface area contributed by atoms with E-state index in [0.29, 0.717) is 16.3 Å². The van der Waals surface area contributed by atoms with Gasteiger partial charge in [0.25, 0.3) is 0 Å². The second-order valence-corrected chi connectivity index (χ2v) is 9.97. The van der Waals surface area contributed by atoms with Gasteiger partial charge in [0.2, 0.25) is 0 Å². The fourth-order valence-electron chi connectivity index (χ4n) is 4.44. The maximum Gasteiger partial charge on any atom is 0.339 e. The molecule has 3 unspecified atom stereocenters. The minimum atomic E-state index is -1.16. The van der Waals surface area contributed by atoms with E-state index < -0.39 is 11.5 Å². The Balaban J connectivity index is 1.85. The number of rotatable bonds is 3. The van der Waals surface area contributed by atoms with Crippen molar-refractivity contribution >= 4 is 23.3 Å². The summed E-state index contributed by atoms with van der Waals surface area (Å²) in [4.78, 5) is 11.5. The van der Waals surface area contributed by atoms with Crippen LogP contribution in [0.4, 0.5) is 0 Å². The summed E-state index contributed by atoms with van der Waals surface area (Å²) in [6.07, 6.45) is 2.84. The number of para-hydroxylation sites is 1. The minimum Gasteiger partial charge on any atom is -0.506 e. The van der Waals surface area contributed by atoms with Crippen LogP contribution < -0.4 is 10.7 Å². The van der Waals surface area contributed by atoms with Crippen molar-refractivity contribution in [2.75, 3.05) is 0 Å². The SMILES string of the molecule is CC(C)(C)C1CC2NC(c3cccc(C(=O)O)c3O)=CC(C)(c3ccc(Cl)cc3)N2N1. The van der Waals surface area contributed by atoms with E-state index >= 15 is 0 Å². The third-order valence-electron chi connectivity index (χ3n) is 6.34. The fourth-order valence-corrected chi connectivity index (χ4v) is 4.56. The zero-order valence-corrected chi connectivity index (χ0v) is 18.9. The molecule has 2 aliphatic heterocycles. The van der Waals surface area contributed by atoms with Gasteiger partial charge in [0, 0.05) is 22.3 Å². The van der Waals surface area contributed by atoms with Gasteiger partial charge in [-0.2, -0.15) is 0 Å². The molecule has 2 aliphatic rings. The molecule has 4 N–H and O–H groups in total. The van der Waals surface area contributed by atoms with Gasteiger partial charge in [-0.3, -0.25) is 0 Å². The maximum absolute atomic E-state index is 11.5. The number of benzene rings is 2. The van der Waals surface area contributed by atoms with Crippen molar-refractivity contribution < 1.29 is 15.0 Å². The largest absolute Gasteiger partial charge is 0.506 e. The first-order valence-corrected chi connectivity index (χ1v) is 10.7. The molecular formula is C24H28ClN3O3. The molecule has 4 rings (SSSR count). The molecule has 0 bridgehead atoms. The Morgan fingerprint density at radius 3 is 2.48 bits per heavy atom. The number of hydrogen-bond acceptors (Lipinski definition) is 5. The molecule has 0 amide bonds. The second-order valence-electron chi connectivity index (χ2n) is 9.53. The smallest absolute Gasteiger partial charge is 0.339 e. The van der Waals surface area contributed by atoms with E-state index in [1.54, 1.807) is 12.1 Å². The van der Waals surface area contributed by atoms with Gasteiger partial charge in [0.05, 0.1) is 11.7 Å². The van der Waals surface area contributed by atoms with E-state index in [9.17, 15) is 15.0 Å². The lowest BCUT2D eigenvalue weighted by atomic mass is 9.84. The summed E-state index contributed by atoms with van der Waals surface area (Å²) in [6.45, 7) is 8.73. The van der Waals surface area contributed by atoms with Crippen molar-refractivity contribution in [1.82, 2.24) is 15.8 Å². The molecule has 7 heteroatoms. The molecule has 2 aromatic carbocycles. The number of phenols is 1. The predicted octanol–water partition coefficient (Wildman–Crippen LogP) is 4.55. The lowest BCUT2D eigenvalue weighted by Crippen LogP contribution is -2.59. The maximum atomic E-state index is 11.5. The summed E-state index contributed by atoms with van der Waals surface area (Å²) in [7, 11) is 0. The molecule has 164 valence electrons. The number of carboxylic acid groups (broad SMARTS) is 1. The van der Waals surface area contributed by atoms with Gasteiger partial charge in [0.15, 0.2) is 0 Å². The van der Waals surface area contributed by atoms with Crippen molar-refractivity contribution in [3.05, 3.63) is 70.3 Å². The first kappa shape index (κ1) is 21.7. The number of fused-ring (bicyclic) bond motifs is 1. The summed E-state index contributed by atoms with van der Waals surface area (Å²) in [5.74, 6) is -1.40. The zero-order valence-electron chi connectivity index (χ0n) is 18.1. The number of halogens is 1. The molecule has 0 spiro atoms. The van der Waals surface area contributed by atoms with E-state index in [4.69, 9.17) is 11.6 Å². The van der Waals surface area contributed by atoms with Crippen LogP contribution >= 0.6 is 11.6 Å². The van der Waals surface area contributed by atoms with E-state index in [1.807, 2.05) is 30.3 Å². The number of aromatic carboxylic acids is 1.